The smallest absolute Gasteiger partial charge is 0.0653 e. The lowest BCUT2D eigenvalue weighted by Gasteiger charge is -2.06. The quantitative estimate of drug-likeness (QED) is 0.533. The van der Waals surface area contributed by atoms with Gasteiger partial charge in [-0.1, -0.05) is 42.5 Å². The van der Waals surface area contributed by atoms with Crippen molar-refractivity contribution in [3.05, 3.63) is 65.9 Å². The van der Waals surface area contributed by atoms with Crippen LogP contribution in [0.25, 0.3) is 22.4 Å². The first-order chi connectivity index (χ1) is 8.93. The van der Waals surface area contributed by atoms with Crippen LogP contribution >= 0.6 is 0 Å². The number of rotatable bonds is 1. The van der Waals surface area contributed by atoms with Crippen LogP contribution in [0.15, 0.2) is 54.7 Å². The highest BCUT2D eigenvalue weighted by atomic mass is 15.1. The van der Waals surface area contributed by atoms with Crippen LogP contribution in [0.1, 0.15) is 11.1 Å². The van der Waals surface area contributed by atoms with Crippen molar-refractivity contribution in [1.82, 2.24) is 10.2 Å². The van der Waals surface area contributed by atoms with Gasteiger partial charge in [0.05, 0.1) is 5.69 Å². The normalized spacial score (nSPS) is 12.2. The lowest BCUT2D eigenvalue weighted by atomic mass is 9.99. The van der Waals surface area contributed by atoms with Gasteiger partial charge in [-0.25, -0.2) is 0 Å². The Morgan fingerprint density at radius 2 is 1.67 bits per heavy atom. The fourth-order valence-electron chi connectivity index (χ4n) is 2.82. The third-order valence-electron chi connectivity index (χ3n) is 3.64. The molecule has 0 bridgehead atoms. The Morgan fingerprint density at radius 3 is 2.56 bits per heavy atom. The second-order valence-corrected chi connectivity index (χ2v) is 4.64. The van der Waals surface area contributed by atoms with Crippen molar-refractivity contribution in [1.29, 1.82) is 0 Å². The van der Waals surface area contributed by atoms with E-state index in [2.05, 4.69) is 52.7 Å². The lowest BCUT2D eigenvalue weighted by Crippen LogP contribution is -1.88. The summed E-state index contributed by atoms with van der Waals surface area (Å²) in [6, 6.07) is 17.2. The average molecular weight is 232 g/mol. The summed E-state index contributed by atoms with van der Waals surface area (Å²) in [6.07, 6.45) is 2.82. The van der Waals surface area contributed by atoms with Crippen LogP contribution in [0.5, 0.6) is 0 Å². The molecule has 0 aliphatic heterocycles. The van der Waals surface area contributed by atoms with E-state index in [1.165, 1.54) is 27.8 Å². The average Bonchev–Trinajstić information content (AvgIpc) is 3.05. The van der Waals surface area contributed by atoms with Crippen LogP contribution in [-0.4, -0.2) is 10.2 Å². The highest BCUT2D eigenvalue weighted by molar-refractivity contribution is 5.83. The molecule has 0 fully saturated rings. The maximum Gasteiger partial charge on any atom is 0.0653 e. The molecule has 1 aliphatic carbocycles. The van der Waals surface area contributed by atoms with Gasteiger partial charge in [0.25, 0.3) is 0 Å². The molecule has 1 aliphatic rings. The fourth-order valence-corrected chi connectivity index (χ4v) is 2.82. The molecule has 1 heterocycles. The lowest BCUT2D eigenvalue weighted by molar-refractivity contribution is 1.09. The monoisotopic (exact) mass is 232 g/mol. The Labute approximate surface area is 105 Å². The van der Waals surface area contributed by atoms with Crippen LogP contribution in [0.2, 0.25) is 0 Å². The van der Waals surface area contributed by atoms with Gasteiger partial charge in [-0.2, -0.15) is 5.10 Å². The number of nitrogens with one attached hydrogen (secondary N) is 1. The van der Waals surface area contributed by atoms with Gasteiger partial charge in [0.2, 0.25) is 0 Å². The number of fused-ring (bicyclic) bond motifs is 3. The first-order valence-corrected chi connectivity index (χ1v) is 6.13. The van der Waals surface area contributed by atoms with Gasteiger partial charge in [0.1, 0.15) is 0 Å². The van der Waals surface area contributed by atoms with Gasteiger partial charge < -0.3 is 0 Å². The minimum Gasteiger partial charge on any atom is -0.278 e. The summed E-state index contributed by atoms with van der Waals surface area (Å²) in [4.78, 5) is 0. The molecular weight excluding hydrogens is 220 g/mol. The standard InChI is InChI=1S/C16H12N2/c1-2-5-12-11(4-1)10-15-13(12)6-3-7-14(15)16-8-9-17-18-16/h1-9H,10H2,(H,17,18). The van der Waals surface area contributed by atoms with Crippen molar-refractivity contribution in [2.45, 2.75) is 6.42 Å². The number of aromatic amines is 1. The molecule has 0 saturated carbocycles. The topological polar surface area (TPSA) is 28.7 Å². The zero-order chi connectivity index (χ0) is 11.9. The van der Waals surface area contributed by atoms with Crippen LogP contribution in [0.4, 0.5) is 0 Å². The number of benzene rings is 2. The van der Waals surface area contributed by atoms with Crippen LogP contribution in [-0.2, 0) is 6.42 Å². The van der Waals surface area contributed by atoms with E-state index >= 15 is 0 Å². The predicted octanol–water partition coefficient (Wildman–Crippen LogP) is 3.65. The van der Waals surface area contributed by atoms with Gasteiger partial charge in [-0.15, -0.1) is 0 Å². The number of H-pyrrole nitrogens is 1. The van der Waals surface area contributed by atoms with E-state index in [1.54, 1.807) is 6.20 Å². The Bertz CT molecular complexity index is 712. The van der Waals surface area contributed by atoms with E-state index in [1.807, 2.05) is 6.07 Å². The van der Waals surface area contributed by atoms with Gasteiger partial charge >= 0.3 is 0 Å². The molecule has 0 atom stereocenters. The third kappa shape index (κ3) is 1.26. The van der Waals surface area contributed by atoms with Crippen molar-refractivity contribution in [3.63, 3.8) is 0 Å². The first kappa shape index (κ1) is 9.66. The van der Waals surface area contributed by atoms with Crippen molar-refractivity contribution >= 4 is 0 Å². The molecule has 2 heteroatoms. The molecule has 4 rings (SSSR count). The molecule has 1 aromatic heterocycles. The van der Waals surface area contributed by atoms with E-state index in [4.69, 9.17) is 0 Å². The molecule has 1 N–H and O–H groups in total. The minimum atomic E-state index is 1.01. The Balaban J connectivity index is 1.97. The van der Waals surface area contributed by atoms with Crippen molar-refractivity contribution in [2.24, 2.45) is 0 Å². The molecule has 3 aromatic rings. The highest BCUT2D eigenvalue weighted by Crippen LogP contribution is 2.40. The zero-order valence-corrected chi connectivity index (χ0v) is 9.85. The van der Waals surface area contributed by atoms with E-state index in [0.717, 1.165) is 12.1 Å². The van der Waals surface area contributed by atoms with Crippen molar-refractivity contribution < 1.29 is 0 Å². The summed E-state index contributed by atoms with van der Waals surface area (Å²) in [7, 11) is 0. The van der Waals surface area contributed by atoms with Gasteiger partial charge in [-0.05, 0) is 34.7 Å². The summed E-state index contributed by atoms with van der Waals surface area (Å²) < 4.78 is 0. The van der Waals surface area contributed by atoms with Gasteiger partial charge in [0.15, 0.2) is 0 Å². The predicted molar refractivity (Wildman–Crippen MR) is 72.3 cm³/mol. The molecule has 0 saturated heterocycles. The molecule has 0 unspecified atom stereocenters. The Morgan fingerprint density at radius 1 is 0.833 bits per heavy atom. The van der Waals surface area contributed by atoms with Crippen LogP contribution < -0.4 is 0 Å². The molecule has 2 nitrogen and oxygen atoms in total. The summed E-state index contributed by atoms with van der Waals surface area (Å²) >= 11 is 0. The number of hydrogen-bond donors (Lipinski definition) is 1. The molecule has 0 radical (unpaired) electrons. The van der Waals surface area contributed by atoms with E-state index < -0.39 is 0 Å². The van der Waals surface area contributed by atoms with Gasteiger partial charge in [0, 0.05) is 11.8 Å². The first-order valence-electron chi connectivity index (χ1n) is 6.13. The van der Waals surface area contributed by atoms with E-state index in [0.29, 0.717) is 0 Å². The SMILES string of the molecule is c1ccc2c(c1)Cc1c(-c3ccn[nH]3)cccc1-2. The summed E-state index contributed by atoms with van der Waals surface area (Å²) in [5, 5.41) is 7.11. The largest absolute Gasteiger partial charge is 0.278 e. The Kier molecular flexibility index (Phi) is 1.92. The fraction of sp³-hybridized carbons (Fsp3) is 0.0625. The second kappa shape index (κ2) is 3.57. The summed E-state index contributed by atoms with van der Waals surface area (Å²) in [5.41, 5.74) is 7.91. The molecule has 0 amide bonds. The number of aromatic nitrogens is 2. The number of nitrogens with zero attached hydrogens (tertiary/aromatic N) is 1. The van der Waals surface area contributed by atoms with Gasteiger partial charge in [-0.3, -0.25) is 5.10 Å². The number of hydrogen-bond acceptors (Lipinski definition) is 1. The molecule has 86 valence electrons. The minimum absolute atomic E-state index is 1.01. The van der Waals surface area contributed by atoms with Crippen molar-refractivity contribution in [3.8, 4) is 22.4 Å². The third-order valence-corrected chi connectivity index (χ3v) is 3.64. The second-order valence-electron chi connectivity index (χ2n) is 4.64. The summed E-state index contributed by atoms with van der Waals surface area (Å²) in [6.45, 7) is 0. The maximum atomic E-state index is 4.05. The summed E-state index contributed by atoms with van der Waals surface area (Å²) in [5.74, 6) is 0. The van der Waals surface area contributed by atoms with E-state index in [9.17, 15) is 0 Å². The Hall–Kier alpha value is -2.35. The molecule has 18 heavy (non-hydrogen) atoms. The van der Waals surface area contributed by atoms with Crippen LogP contribution in [0.3, 0.4) is 0 Å². The molecule has 2 aromatic carbocycles. The van der Waals surface area contributed by atoms with Crippen LogP contribution in [0, 0.1) is 0 Å². The molecular formula is C16H12N2. The van der Waals surface area contributed by atoms with Crippen molar-refractivity contribution in [2.75, 3.05) is 0 Å². The highest BCUT2D eigenvalue weighted by Gasteiger charge is 2.21. The van der Waals surface area contributed by atoms with E-state index in [-0.39, 0.29) is 0 Å². The molecule has 0 spiro atoms. The maximum absolute atomic E-state index is 4.05. The zero-order valence-electron chi connectivity index (χ0n) is 9.85.